The Bertz CT molecular complexity index is 3710. The maximum atomic E-state index is 14.7. The molecule has 0 unspecified atom stereocenters. The van der Waals surface area contributed by atoms with Crippen LogP contribution in [0.4, 0.5) is 29.1 Å². The highest BCUT2D eigenvalue weighted by atomic mass is 32.2. The van der Waals surface area contributed by atoms with Gasteiger partial charge in [0.05, 0.1) is 91.2 Å². The number of aliphatic hydroxyl groups excluding tert-OH is 1. The van der Waals surface area contributed by atoms with Gasteiger partial charge in [0.2, 0.25) is 11.8 Å². The number of alkyl halides is 3. The topological polar surface area (TPSA) is 278 Å². The predicted molar refractivity (Wildman–Crippen MR) is 316 cm³/mol. The number of thiazole rings is 1. The minimum atomic E-state index is -5.09. The van der Waals surface area contributed by atoms with Crippen LogP contribution < -0.4 is 30.6 Å². The second-order valence-corrected chi connectivity index (χ2v) is 24.8. The van der Waals surface area contributed by atoms with Gasteiger partial charge in [0.25, 0.3) is 15.9 Å². The third-order valence-electron chi connectivity index (χ3n) is 14.8. The fourth-order valence-electron chi connectivity index (χ4n) is 9.90. The lowest BCUT2D eigenvalue weighted by Crippen LogP contribution is -2.59. The van der Waals surface area contributed by atoms with Crippen molar-refractivity contribution in [2.45, 2.75) is 103 Å². The highest BCUT2D eigenvalue weighted by Crippen LogP contribution is 2.42. The number of likely N-dealkylation sites (tertiary alicyclic amines) is 1. The highest BCUT2D eigenvalue weighted by Gasteiger charge is 2.53. The molecular weight excluding hydrogens is 1180 g/mol. The number of nitrogens with zero attached hydrogens (tertiary/aromatic N) is 7. The van der Waals surface area contributed by atoms with E-state index in [0.717, 1.165) is 16.1 Å². The van der Waals surface area contributed by atoms with E-state index >= 15 is 0 Å². The molecular formula is C59H69F4N11O11S2. The zero-order chi connectivity index (χ0) is 62.4. The summed E-state index contributed by atoms with van der Waals surface area (Å²) in [5.41, 5.74) is 10.8. The van der Waals surface area contributed by atoms with Crippen LogP contribution in [0.3, 0.4) is 0 Å². The summed E-state index contributed by atoms with van der Waals surface area (Å²) in [6, 6.07) is 13.1. The number of nitrogens with one attached hydrogen (secondary N) is 3. The molecule has 1 saturated heterocycles. The third-order valence-corrected chi connectivity index (χ3v) is 16.7. The molecule has 5 heterocycles. The number of fused-ring (bicyclic) bond motifs is 1. The van der Waals surface area contributed by atoms with Gasteiger partial charge in [-0.2, -0.15) is 19.0 Å². The number of pyridine rings is 1. The average Bonchev–Trinajstić information content (AvgIpc) is 2.00. The van der Waals surface area contributed by atoms with Crippen molar-refractivity contribution in [3.8, 4) is 44.3 Å². The van der Waals surface area contributed by atoms with E-state index in [4.69, 9.17) is 34.5 Å². The average molecular weight is 1250 g/mol. The van der Waals surface area contributed by atoms with Crippen molar-refractivity contribution in [2.75, 3.05) is 63.2 Å². The first kappa shape index (κ1) is 63.7. The number of amides is 3. The fourth-order valence-corrected chi connectivity index (χ4v) is 11.3. The van der Waals surface area contributed by atoms with Gasteiger partial charge in [0.1, 0.15) is 53.6 Å². The zero-order valence-electron chi connectivity index (χ0n) is 48.7. The molecule has 0 radical (unpaired) electrons. The lowest BCUT2D eigenvalue weighted by Gasteiger charge is -2.35. The summed E-state index contributed by atoms with van der Waals surface area (Å²) in [6.07, 6.45) is 3.49. The number of aliphatic hydroxyl groups is 1. The largest absolute Gasteiger partial charge is 0.491 e. The number of hydrogen-bond acceptors (Lipinski definition) is 17. The van der Waals surface area contributed by atoms with Crippen molar-refractivity contribution in [1.29, 1.82) is 0 Å². The quantitative estimate of drug-likeness (QED) is 0.0235. The summed E-state index contributed by atoms with van der Waals surface area (Å²) in [5.74, 6) is -5.59. The van der Waals surface area contributed by atoms with Crippen molar-refractivity contribution in [2.24, 2.45) is 12.5 Å². The lowest BCUT2D eigenvalue weighted by atomic mass is 9.85. The van der Waals surface area contributed by atoms with E-state index in [0.29, 0.717) is 76.5 Å². The number of hydrogen-bond donors (Lipinski definition) is 5. The van der Waals surface area contributed by atoms with E-state index in [1.165, 1.54) is 58.7 Å². The van der Waals surface area contributed by atoms with Crippen LogP contribution in [0.2, 0.25) is 0 Å². The van der Waals surface area contributed by atoms with Gasteiger partial charge in [-0.15, -0.1) is 11.3 Å². The molecule has 22 nitrogen and oxygen atoms in total. The van der Waals surface area contributed by atoms with E-state index in [-0.39, 0.29) is 76.0 Å². The van der Waals surface area contributed by atoms with Crippen LogP contribution in [-0.2, 0) is 58.8 Å². The van der Waals surface area contributed by atoms with E-state index < -0.39 is 74.7 Å². The van der Waals surface area contributed by atoms with Crippen LogP contribution in [0.25, 0.3) is 43.7 Å². The van der Waals surface area contributed by atoms with Gasteiger partial charge in [-0.3, -0.25) is 28.5 Å². The summed E-state index contributed by atoms with van der Waals surface area (Å²) < 4.78 is 115. The molecule has 7 aromatic rings. The second kappa shape index (κ2) is 27.1. The van der Waals surface area contributed by atoms with Crippen molar-refractivity contribution in [1.82, 2.24) is 45.1 Å². The van der Waals surface area contributed by atoms with E-state index in [9.17, 15) is 45.5 Å². The molecule has 1 aliphatic carbocycles. The number of benzene rings is 3. The molecule has 1 aliphatic heterocycles. The molecule has 0 spiro atoms. The Morgan fingerprint density at radius 2 is 1.59 bits per heavy atom. The van der Waals surface area contributed by atoms with Gasteiger partial charge in [-0.05, 0) is 73.6 Å². The summed E-state index contributed by atoms with van der Waals surface area (Å²) in [7, 11) is -3.37. The van der Waals surface area contributed by atoms with Gasteiger partial charge < -0.3 is 50.1 Å². The molecule has 3 aromatic carbocycles. The maximum absolute atomic E-state index is 14.7. The van der Waals surface area contributed by atoms with Crippen LogP contribution in [0.5, 0.6) is 11.5 Å². The number of carbonyl (C=O) groups excluding carboxylic acids is 3. The minimum absolute atomic E-state index is 0.0146. The number of aromatic nitrogens is 6. The molecule has 4 aromatic heterocycles. The third kappa shape index (κ3) is 15.3. The van der Waals surface area contributed by atoms with E-state index in [1.54, 1.807) is 62.0 Å². The van der Waals surface area contributed by atoms with Gasteiger partial charge >= 0.3 is 5.76 Å². The number of anilines is 2. The Morgan fingerprint density at radius 1 is 0.908 bits per heavy atom. The van der Waals surface area contributed by atoms with Gasteiger partial charge in [0.15, 0.2) is 5.67 Å². The van der Waals surface area contributed by atoms with Crippen LogP contribution in [-0.4, -0.2) is 148 Å². The molecule has 2 aliphatic rings. The van der Waals surface area contributed by atoms with Gasteiger partial charge in [0, 0.05) is 61.2 Å². The summed E-state index contributed by atoms with van der Waals surface area (Å²) in [6.45, 7) is 11.0. The number of sulfonamides is 1. The first-order chi connectivity index (χ1) is 41.4. The summed E-state index contributed by atoms with van der Waals surface area (Å²) in [5, 5.41) is 25.9. The van der Waals surface area contributed by atoms with Crippen molar-refractivity contribution >= 4 is 61.5 Å². The number of β-amino-alcohol motifs (C(OH)–C–C–N with tert-alkyl or cyclic N) is 1. The predicted octanol–water partition coefficient (Wildman–Crippen LogP) is 7.50. The minimum Gasteiger partial charge on any atom is -0.491 e. The van der Waals surface area contributed by atoms with Crippen molar-refractivity contribution in [3.63, 3.8) is 0 Å². The smallest absolute Gasteiger partial charge is 0.355 e. The fraction of sp³-hybridized carbons (Fsp3) is 0.441. The van der Waals surface area contributed by atoms with Crippen molar-refractivity contribution in [3.05, 3.63) is 107 Å². The normalized spacial score (nSPS) is 16.5. The monoisotopic (exact) mass is 1250 g/mol. The van der Waals surface area contributed by atoms with E-state index in [1.807, 2.05) is 36.0 Å². The molecule has 466 valence electrons. The molecule has 3 amide bonds. The first-order valence-electron chi connectivity index (χ1n) is 28.1. The number of rotatable bonds is 28. The molecule has 2 fully saturated rings. The van der Waals surface area contributed by atoms with E-state index in [2.05, 4.69) is 25.7 Å². The number of nitrogens with two attached hydrogens (primary N) is 1. The first-order valence-corrected chi connectivity index (χ1v) is 30.5. The van der Waals surface area contributed by atoms with Crippen LogP contribution >= 0.6 is 11.3 Å². The molecule has 28 heteroatoms. The number of ether oxygens (including phenoxy) is 5. The molecule has 87 heavy (non-hydrogen) atoms. The number of carbonyl (C=O) groups is 3. The molecule has 6 N–H and O–H groups in total. The molecule has 1 saturated carbocycles. The van der Waals surface area contributed by atoms with Gasteiger partial charge in [-0.25, -0.2) is 27.2 Å². The highest BCUT2D eigenvalue weighted by molar-refractivity contribution is 7.93. The Kier molecular flexibility index (Phi) is 19.9. The van der Waals surface area contributed by atoms with Crippen LogP contribution in [0, 0.1) is 18.2 Å². The maximum Gasteiger partial charge on any atom is 0.355 e. The number of halogens is 4. The molecule has 4 atom stereocenters. The van der Waals surface area contributed by atoms with Crippen LogP contribution in [0.1, 0.15) is 69.9 Å². The number of nitrogen functional groups attached to an aromatic ring is 1. The summed E-state index contributed by atoms with van der Waals surface area (Å²) in [4.78, 5) is 51.5. The number of aryl methyl sites for hydroxylation is 2. The Hall–Kier alpha value is -7.76. The molecule has 9 rings (SSSR count). The van der Waals surface area contributed by atoms with Crippen LogP contribution in [0.15, 0.2) is 84.8 Å². The lowest BCUT2D eigenvalue weighted by molar-refractivity contribution is -0.145. The standard InChI is InChI=1S/C59H69F4N11O11S2/c1-34-51(86-33-67-34)38-7-8-39(28-66-54(76)45-27-42(75)32-74(45)55(77)52(58(3,4)5)69-56(78)59(63)15-16-59)46(26-38)84-24-23-83-22-21-82-20-19-81-18-17-73-31-40(29-68-73)43-30-65-53(64)48-49(70-72(6)50(43)48)37-11-14-44(71-87(79,80)57(61)62)47(25-37)85-35(2)36-9-12-41(60)13-10-36/h7-14,25-26,29-31,33,35,42,45,52,57,71,75H,15-24,27-28,32H2,1-6H3,(H2,64,65)(H,66,76)(H,69,78)/t35-,42+,45-,52+/m0/s1. The van der Waals surface area contributed by atoms with Gasteiger partial charge in [-0.1, -0.05) is 51.1 Å². The zero-order valence-corrected chi connectivity index (χ0v) is 50.4. The Balaban J connectivity index is 0.736. The Morgan fingerprint density at radius 3 is 2.25 bits per heavy atom. The SMILES string of the molecule is Cc1ncsc1-c1ccc(CNC(=O)[C@@H]2C[C@@H](O)CN2C(=O)[C@@H](NC(=O)C2(F)CC2)C(C)(C)C)c(OCCOCCOCCOCCn2cc(-c3cnc(N)c4c(-c5ccc(NS(=O)(=O)C(F)F)c(O[C@@H](C)c6ccc(F)cc6)c5)nn(C)c34)cn2)c1. The second-order valence-electron chi connectivity index (χ2n) is 22.3. The summed E-state index contributed by atoms with van der Waals surface area (Å²) >= 11 is 1.48. The Labute approximate surface area is 503 Å². The molecule has 0 bridgehead atoms. The van der Waals surface area contributed by atoms with Crippen molar-refractivity contribution < 1.29 is 69.2 Å².